The highest BCUT2D eigenvalue weighted by molar-refractivity contribution is 8.00. The zero-order valence-corrected chi connectivity index (χ0v) is 15.1. The number of para-hydroxylation sites is 2. The van der Waals surface area contributed by atoms with Gasteiger partial charge < -0.3 is 0 Å². The van der Waals surface area contributed by atoms with Gasteiger partial charge in [-0.3, -0.25) is 9.20 Å². The lowest BCUT2D eigenvalue weighted by atomic mass is 10.2. The van der Waals surface area contributed by atoms with Gasteiger partial charge in [0.25, 0.3) is 5.56 Å². The summed E-state index contributed by atoms with van der Waals surface area (Å²) in [6, 6.07) is 17.3. The van der Waals surface area contributed by atoms with Crippen molar-refractivity contribution < 1.29 is 0 Å². The number of hydrogen-bond acceptors (Lipinski definition) is 5. The third kappa shape index (κ3) is 2.47. The average Bonchev–Trinajstić information content (AvgIpc) is 3.06. The summed E-state index contributed by atoms with van der Waals surface area (Å²) >= 11 is 1.32. The largest absolute Gasteiger partial charge is 0.268 e. The molecule has 0 aliphatic heterocycles. The highest BCUT2D eigenvalue weighted by Gasteiger charge is 2.19. The zero-order chi connectivity index (χ0) is 18.3. The number of aryl methyl sites for hydroxylation is 1. The number of hydrogen-bond donors (Lipinski definition) is 0. The molecule has 26 heavy (non-hydrogen) atoms. The minimum Gasteiger partial charge on any atom is -0.268 e. The van der Waals surface area contributed by atoms with Crippen LogP contribution in [-0.2, 0) is 0 Å². The molecular weight excluding hydrogens is 346 g/mol. The molecule has 1 unspecified atom stereocenters. The van der Waals surface area contributed by atoms with Crippen LogP contribution in [0.1, 0.15) is 12.5 Å². The molecule has 2 aromatic heterocycles. The molecular formula is C19H15N5OS. The van der Waals surface area contributed by atoms with Gasteiger partial charge in [0, 0.05) is 0 Å². The second kappa shape index (κ2) is 6.32. The number of nitriles is 1. The van der Waals surface area contributed by atoms with Crippen molar-refractivity contribution in [3.8, 4) is 11.8 Å². The maximum atomic E-state index is 13.2. The smallest absolute Gasteiger partial charge is 0.267 e. The highest BCUT2D eigenvalue weighted by Crippen LogP contribution is 2.26. The van der Waals surface area contributed by atoms with E-state index >= 15 is 0 Å². The van der Waals surface area contributed by atoms with Crippen LogP contribution in [0.25, 0.3) is 22.4 Å². The van der Waals surface area contributed by atoms with Crippen molar-refractivity contribution in [1.29, 1.82) is 5.26 Å². The monoisotopic (exact) mass is 361 g/mol. The Morgan fingerprint density at radius 3 is 2.62 bits per heavy atom. The Balaban J connectivity index is 2.16. The fraction of sp³-hybridized carbons (Fsp3) is 0.158. The SMILES string of the molecule is Cc1ccccc1-n1c(=O)c2ccccc2n2c(SC(C)C#N)nnc12. The van der Waals surface area contributed by atoms with Crippen LogP contribution in [0.4, 0.5) is 0 Å². The van der Waals surface area contributed by atoms with Gasteiger partial charge in [-0.15, -0.1) is 10.2 Å². The van der Waals surface area contributed by atoms with Crippen molar-refractivity contribution in [3.05, 3.63) is 64.4 Å². The van der Waals surface area contributed by atoms with E-state index in [1.807, 2.05) is 60.7 Å². The van der Waals surface area contributed by atoms with Gasteiger partial charge in [0.05, 0.1) is 27.9 Å². The fourth-order valence-corrected chi connectivity index (χ4v) is 3.71. The number of nitrogens with zero attached hydrogens (tertiary/aromatic N) is 5. The summed E-state index contributed by atoms with van der Waals surface area (Å²) in [5, 5.41) is 18.6. The van der Waals surface area contributed by atoms with E-state index in [0.717, 1.165) is 16.8 Å². The molecule has 7 heteroatoms. The maximum absolute atomic E-state index is 13.2. The summed E-state index contributed by atoms with van der Waals surface area (Å²) < 4.78 is 3.44. The molecule has 4 aromatic rings. The van der Waals surface area contributed by atoms with Gasteiger partial charge in [-0.2, -0.15) is 5.26 Å². The lowest BCUT2D eigenvalue weighted by Crippen LogP contribution is -2.22. The Morgan fingerprint density at radius 2 is 1.85 bits per heavy atom. The molecule has 1 atom stereocenters. The van der Waals surface area contributed by atoms with Crippen molar-refractivity contribution in [1.82, 2.24) is 19.2 Å². The summed E-state index contributed by atoms with van der Waals surface area (Å²) in [4.78, 5) is 13.2. The predicted octanol–water partition coefficient (Wildman–Crippen LogP) is 3.35. The molecule has 0 aliphatic rings. The molecule has 0 spiro atoms. The Kier molecular flexibility index (Phi) is 3.98. The third-order valence-electron chi connectivity index (χ3n) is 4.22. The zero-order valence-electron chi connectivity index (χ0n) is 14.2. The first-order valence-corrected chi connectivity index (χ1v) is 9.01. The molecule has 0 saturated carbocycles. The Bertz CT molecular complexity index is 1230. The number of fused-ring (bicyclic) bond motifs is 3. The van der Waals surface area contributed by atoms with Crippen LogP contribution in [0.5, 0.6) is 0 Å². The standard InChI is InChI=1S/C19H15N5OS/c1-12-7-3-5-9-15(12)23-17(25)14-8-4-6-10-16(14)24-18(23)21-22-19(24)26-13(2)11-20/h3-10,13H,1-2H3. The van der Waals surface area contributed by atoms with E-state index in [0.29, 0.717) is 16.3 Å². The van der Waals surface area contributed by atoms with Crippen LogP contribution in [0, 0.1) is 18.3 Å². The molecule has 0 saturated heterocycles. The third-order valence-corrected chi connectivity index (χ3v) is 5.15. The van der Waals surface area contributed by atoms with Crippen molar-refractivity contribution in [2.75, 3.05) is 0 Å². The number of rotatable bonds is 3. The first-order valence-electron chi connectivity index (χ1n) is 8.13. The van der Waals surface area contributed by atoms with E-state index in [2.05, 4.69) is 16.3 Å². The Hall–Kier alpha value is -3.11. The van der Waals surface area contributed by atoms with Gasteiger partial charge in [0.15, 0.2) is 5.16 Å². The normalized spacial score (nSPS) is 12.3. The van der Waals surface area contributed by atoms with Crippen LogP contribution in [0.15, 0.2) is 58.5 Å². The van der Waals surface area contributed by atoms with Crippen molar-refractivity contribution in [2.24, 2.45) is 0 Å². The first kappa shape index (κ1) is 16.4. The fourth-order valence-electron chi connectivity index (χ4n) is 2.97. The van der Waals surface area contributed by atoms with Crippen LogP contribution >= 0.6 is 11.8 Å². The quantitative estimate of drug-likeness (QED) is 0.523. The topological polar surface area (TPSA) is 76.0 Å². The van der Waals surface area contributed by atoms with Crippen molar-refractivity contribution in [2.45, 2.75) is 24.3 Å². The highest BCUT2D eigenvalue weighted by atomic mass is 32.2. The van der Waals surface area contributed by atoms with E-state index in [1.165, 1.54) is 11.8 Å². The molecule has 0 N–H and O–H groups in total. The molecule has 6 nitrogen and oxygen atoms in total. The van der Waals surface area contributed by atoms with Crippen LogP contribution in [-0.4, -0.2) is 24.4 Å². The molecule has 0 radical (unpaired) electrons. The number of aromatic nitrogens is 4. The molecule has 0 aliphatic carbocycles. The summed E-state index contributed by atoms with van der Waals surface area (Å²) in [6.45, 7) is 3.77. The molecule has 0 bridgehead atoms. The summed E-state index contributed by atoms with van der Waals surface area (Å²) in [5.74, 6) is 0.440. The van der Waals surface area contributed by atoms with Crippen LogP contribution in [0.2, 0.25) is 0 Å². The molecule has 2 heterocycles. The van der Waals surface area contributed by atoms with E-state index in [9.17, 15) is 4.79 Å². The lowest BCUT2D eigenvalue weighted by molar-refractivity contribution is 0.926. The molecule has 0 amide bonds. The molecule has 128 valence electrons. The van der Waals surface area contributed by atoms with E-state index in [4.69, 9.17) is 5.26 Å². The predicted molar refractivity (Wildman–Crippen MR) is 102 cm³/mol. The van der Waals surface area contributed by atoms with Crippen LogP contribution < -0.4 is 5.56 Å². The Morgan fingerprint density at radius 1 is 1.12 bits per heavy atom. The van der Waals surface area contributed by atoms with Crippen LogP contribution in [0.3, 0.4) is 0 Å². The van der Waals surface area contributed by atoms with Gasteiger partial charge in [0.1, 0.15) is 0 Å². The summed E-state index contributed by atoms with van der Waals surface area (Å²) in [7, 11) is 0. The molecule has 0 fully saturated rings. The van der Waals surface area contributed by atoms with E-state index in [1.54, 1.807) is 10.6 Å². The summed E-state index contributed by atoms with van der Waals surface area (Å²) in [5.41, 5.74) is 2.33. The van der Waals surface area contributed by atoms with Crippen molar-refractivity contribution in [3.63, 3.8) is 0 Å². The number of thioether (sulfide) groups is 1. The molecule has 2 aromatic carbocycles. The average molecular weight is 361 g/mol. The van der Waals surface area contributed by atoms with Gasteiger partial charge in [-0.05, 0) is 37.6 Å². The lowest BCUT2D eigenvalue weighted by Gasteiger charge is -2.13. The second-order valence-electron chi connectivity index (χ2n) is 5.95. The minimum absolute atomic E-state index is 0.139. The Labute approximate surface area is 153 Å². The second-order valence-corrected chi connectivity index (χ2v) is 7.26. The first-order chi connectivity index (χ1) is 12.6. The maximum Gasteiger partial charge on any atom is 0.267 e. The van der Waals surface area contributed by atoms with E-state index in [-0.39, 0.29) is 10.8 Å². The van der Waals surface area contributed by atoms with Gasteiger partial charge >= 0.3 is 0 Å². The van der Waals surface area contributed by atoms with Gasteiger partial charge in [-0.25, -0.2) is 4.57 Å². The summed E-state index contributed by atoms with van der Waals surface area (Å²) in [6.07, 6.45) is 0. The minimum atomic E-state index is -0.278. The van der Waals surface area contributed by atoms with Crippen molar-refractivity contribution >= 4 is 28.4 Å². The van der Waals surface area contributed by atoms with Gasteiger partial charge in [-0.1, -0.05) is 42.1 Å². The van der Waals surface area contributed by atoms with Gasteiger partial charge in [0.2, 0.25) is 5.78 Å². The number of benzene rings is 2. The van der Waals surface area contributed by atoms with E-state index < -0.39 is 0 Å². The molecule has 4 rings (SSSR count).